The highest BCUT2D eigenvalue weighted by Gasteiger charge is 2.47. The minimum absolute atomic E-state index is 0.0762. The molecule has 1 aromatic carbocycles. The molecular weight excluding hydrogens is 370 g/mol. The zero-order valence-corrected chi connectivity index (χ0v) is 16.1. The molecule has 2 aliphatic heterocycles. The molecule has 0 spiro atoms. The Labute approximate surface area is 159 Å². The van der Waals surface area contributed by atoms with Crippen LogP contribution in [0.15, 0.2) is 47.9 Å². The molecule has 0 bridgehead atoms. The van der Waals surface area contributed by atoms with Gasteiger partial charge in [0.25, 0.3) is 0 Å². The topological polar surface area (TPSA) is 90.9 Å². The fourth-order valence-electron chi connectivity index (χ4n) is 3.80. The van der Waals surface area contributed by atoms with E-state index in [-0.39, 0.29) is 34.9 Å². The summed E-state index contributed by atoms with van der Waals surface area (Å²) in [5.74, 6) is -0.416. The molecule has 1 unspecified atom stereocenters. The first-order valence-electron chi connectivity index (χ1n) is 8.96. The van der Waals surface area contributed by atoms with E-state index >= 15 is 0 Å². The highest BCUT2D eigenvalue weighted by atomic mass is 32.2. The van der Waals surface area contributed by atoms with Crippen molar-refractivity contribution < 1.29 is 27.4 Å². The molecule has 2 fully saturated rings. The van der Waals surface area contributed by atoms with Gasteiger partial charge < -0.3 is 19.5 Å². The molecule has 1 amide bonds. The Balaban J connectivity index is 1.78. The second-order valence-electron chi connectivity index (χ2n) is 6.84. The van der Waals surface area contributed by atoms with Gasteiger partial charge in [0, 0.05) is 19.4 Å². The molecule has 27 heavy (non-hydrogen) atoms. The summed E-state index contributed by atoms with van der Waals surface area (Å²) in [5.41, 5.74) is 0. The maximum absolute atomic E-state index is 12.9. The smallest absolute Gasteiger partial charge is 0.407 e. The molecule has 5 atom stereocenters. The molecule has 2 saturated heterocycles. The Hall–Kier alpha value is -1.90. The van der Waals surface area contributed by atoms with Gasteiger partial charge >= 0.3 is 6.09 Å². The van der Waals surface area contributed by atoms with E-state index in [1.54, 1.807) is 43.5 Å². The minimum Gasteiger partial charge on any atom is -0.444 e. The average molecular weight is 395 g/mol. The highest BCUT2D eigenvalue weighted by molar-refractivity contribution is 7.91. The van der Waals surface area contributed by atoms with Gasteiger partial charge in [0.2, 0.25) is 0 Å². The first kappa shape index (κ1) is 19.9. The second kappa shape index (κ2) is 8.41. The van der Waals surface area contributed by atoms with E-state index in [1.807, 2.05) is 0 Å². The maximum Gasteiger partial charge on any atom is 0.407 e. The summed E-state index contributed by atoms with van der Waals surface area (Å²) in [7, 11) is -1.94. The molecule has 0 aliphatic carbocycles. The van der Waals surface area contributed by atoms with Crippen molar-refractivity contribution in [3.8, 4) is 0 Å². The van der Waals surface area contributed by atoms with Crippen LogP contribution < -0.4 is 5.32 Å². The number of carbonyl (C=O) groups is 1. The van der Waals surface area contributed by atoms with Crippen molar-refractivity contribution in [1.82, 2.24) is 5.32 Å². The van der Waals surface area contributed by atoms with E-state index in [2.05, 4.69) is 11.9 Å². The van der Waals surface area contributed by atoms with Crippen molar-refractivity contribution in [3.63, 3.8) is 0 Å². The van der Waals surface area contributed by atoms with Crippen molar-refractivity contribution in [2.75, 3.05) is 19.4 Å². The van der Waals surface area contributed by atoms with Gasteiger partial charge in [-0.1, -0.05) is 24.3 Å². The molecule has 1 N–H and O–H groups in total. The van der Waals surface area contributed by atoms with E-state index in [1.165, 1.54) is 0 Å². The van der Waals surface area contributed by atoms with Gasteiger partial charge in [-0.25, -0.2) is 13.2 Å². The zero-order valence-electron chi connectivity index (χ0n) is 15.2. The van der Waals surface area contributed by atoms with Crippen LogP contribution in [0.4, 0.5) is 4.79 Å². The molecule has 8 heteroatoms. The lowest BCUT2D eigenvalue weighted by atomic mass is 9.94. The zero-order chi connectivity index (χ0) is 19.4. The lowest BCUT2D eigenvalue weighted by Gasteiger charge is -2.23. The Bertz CT molecular complexity index is 766. The Morgan fingerprint density at radius 2 is 2.04 bits per heavy atom. The molecule has 1 aromatic rings. The van der Waals surface area contributed by atoms with Crippen LogP contribution in [0.5, 0.6) is 0 Å². The van der Waals surface area contributed by atoms with Gasteiger partial charge in [0.1, 0.15) is 6.10 Å². The van der Waals surface area contributed by atoms with E-state index < -0.39 is 22.0 Å². The number of nitrogens with one attached hydrogen (secondary N) is 1. The summed E-state index contributed by atoms with van der Waals surface area (Å²) in [4.78, 5) is 11.5. The number of cyclic esters (lactones) is 1. The van der Waals surface area contributed by atoms with Crippen LogP contribution in [-0.2, 0) is 24.0 Å². The Morgan fingerprint density at radius 1 is 1.30 bits per heavy atom. The normalized spacial score (nSPS) is 30.7. The van der Waals surface area contributed by atoms with Crippen LogP contribution in [0.3, 0.4) is 0 Å². The third-order valence-corrected chi connectivity index (χ3v) is 6.86. The number of benzene rings is 1. The summed E-state index contributed by atoms with van der Waals surface area (Å²) in [5, 5.41) is 2.61. The van der Waals surface area contributed by atoms with E-state index in [4.69, 9.17) is 14.2 Å². The number of sulfone groups is 1. The number of hydrogen-bond acceptors (Lipinski definition) is 6. The van der Waals surface area contributed by atoms with Gasteiger partial charge in [0.05, 0.1) is 35.5 Å². The van der Waals surface area contributed by atoms with Crippen molar-refractivity contribution in [2.24, 2.45) is 5.92 Å². The number of amides is 1. The number of methoxy groups -OCH3 is 1. The lowest BCUT2D eigenvalue weighted by Crippen LogP contribution is -2.36. The summed E-state index contributed by atoms with van der Waals surface area (Å²) < 4.78 is 42.7. The Morgan fingerprint density at radius 3 is 2.63 bits per heavy atom. The largest absolute Gasteiger partial charge is 0.444 e. The average Bonchev–Trinajstić information content (AvgIpc) is 3.19. The third-order valence-electron chi connectivity index (χ3n) is 5.04. The quantitative estimate of drug-likeness (QED) is 0.677. The number of carbonyl (C=O) groups excluding carboxylic acids is 1. The van der Waals surface area contributed by atoms with Crippen LogP contribution in [0.1, 0.15) is 12.8 Å². The van der Waals surface area contributed by atoms with Gasteiger partial charge in [0.15, 0.2) is 9.84 Å². The molecule has 148 valence electrons. The monoisotopic (exact) mass is 395 g/mol. The number of hydrogen-bond donors (Lipinski definition) is 1. The summed E-state index contributed by atoms with van der Waals surface area (Å²) >= 11 is 0. The van der Waals surface area contributed by atoms with Crippen molar-refractivity contribution in [2.45, 2.75) is 42.2 Å². The predicted molar refractivity (Wildman–Crippen MR) is 99.1 cm³/mol. The summed E-state index contributed by atoms with van der Waals surface area (Å²) in [6.07, 6.45) is 0.856. The second-order valence-corrected chi connectivity index (χ2v) is 8.87. The van der Waals surface area contributed by atoms with Crippen LogP contribution in [0.25, 0.3) is 0 Å². The highest BCUT2D eigenvalue weighted by Crippen LogP contribution is 2.36. The molecular formula is C19H25NO6S. The van der Waals surface area contributed by atoms with Gasteiger partial charge in [-0.2, -0.15) is 0 Å². The SMILES string of the molecule is C=CC[C@@H]1OC(C[C@H]2CNC(=O)O2)[C@H](OC)[C@H]1CS(=O)(=O)c1ccccc1. The van der Waals surface area contributed by atoms with Crippen LogP contribution in [0, 0.1) is 5.92 Å². The van der Waals surface area contributed by atoms with Gasteiger partial charge in [-0.15, -0.1) is 6.58 Å². The number of rotatable bonds is 8. The molecule has 0 aromatic heterocycles. The molecule has 2 heterocycles. The van der Waals surface area contributed by atoms with Crippen LogP contribution in [0.2, 0.25) is 0 Å². The minimum atomic E-state index is -3.49. The van der Waals surface area contributed by atoms with Crippen LogP contribution in [-0.4, -0.2) is 58.3 Å². The predicted octanol–water partition coefficient (Wildman–Crippen LogP) is 1.93. The fourth-order valence-corrected chi connectivity index (χ4v) is 5.48. The fraction of sp³-hybridized carbons (Fsp3) is 0.526. The number of ether oxygens (including phenoxy) is 3. The molecule has 2 aliphatic rings. The van der Waals surface area contributed by atoms with Crippen molar-refractivity contribution in [1.29, 1.82) is 0 Å². The standard InChI is InChI=1S/C19H25NO6S/c1-3-7-16-15(12-27(22,23)14-8-5-4-6-9-14)18(24-2)17(26-16)10-13-11-20-19(21)25-13/h3-6,8-9,13,15-18H,1,7,10-12H2,2H3,(H,20,21)/t13-,15-,16-,17?,18+/m0/s1. The number of alkyl carbamates (subject to hydrolysis) is 1. The first-order valence-corrected chi connectivity index (χ1v) is 10.6. The first-order chi connectivity index (χ1) is 12.9. The third kappa shape index (κ3) is 4.51. The van der Waals surface area contributed by atoms with E-state index in [0.29, 0.717) is 19.4 Å². The van der Waals surface area contributed by atoms with Gasteiger partial charge in [-0.3, -0.25) is 0 Å². The summed E-state index contributed by atoms with van der Waals surface area (Å²) in [6.45, 7) is 4.16. The van der Waals surface area contributed by atoms with E-state index in [9.17, 15) is 13.2 Å². The van der Waals surface area contributed by atoms with Gasteiger partial charge in [-0.05, 0) is 18.6 Å². The van der Waals surface area contributed by atoms with Crippen molar-refractivity contribution >= 4 is 15.9 Å². The molecule has 0 saturated carbocycles. The summed E-state index contributed by atoms with van der Waals surface area (Å²) in [6, 6.07) is 8.38. The molecule has 3 rings (SSSR count). The lowest BCUT2D eigenvalue weighted by molar-refractivity contribution is -0.0267. The molecule has 0 radical (unpaired) electrons. The van der Waals surface area contributed by atoms with Crippen LogP contribution >= 0.6 is 0 Å². The Kier molecular flexibility index (Phi) is 6.18. The van der Waals surface area contributed by atoms with Crippen molar-refractivity contribution in [3.05, 3.63) is 43.0 Å². The van der Waals surface area contributed by atoms with E-state index in [0.717, 1.165) is 0 Å². The maximum atomic E-state index is 12.9. The molecule has 7 nitrogen and oxygen atoms in total.